The van der Waals surface area contributed by atoms with Crippen LogP contribution in [-0.4, -0.2) is 47.6 Å². The van der Waals surface area contributed by atoms with Crippen molar-refractivity contribution < 1.29 is 23.1 Å². The zero-order valence-electron chi connectivity index (χ0n) is 18.1. The highest BCUT2D eigenvalue weighted by Crippen LogP contribution is 2.20. The summed E-state index contributed by atoms with van der Waals surface area (Å²) >= 11 is 0. The molecule has 1 heterocycles. The first kappa shape index (κ1) is 23.3. The second kappa shape index (κ2) is 9.19. The molecule has 162 valence electrons. The van der Waals surface area contributed by atoms with E-state index in [-0.39, 0.29) is 12.0 Å². The molecule has 0 aliphatic rings. The van der Waals surface area contributed by atoms with Gasteiger partial charge in [0.2, 0.25) is 5.91 Å². The summed E-state index contributed by atoms with van der Waals surface area (Å²) in [5.74, 6) is -1.96. The number of carbonyl (C=O) groups excluding carboxylic acids is 2. The van der Waals surface area contributed by atoms with E-state index in [0.29, 0.717) is 5.69 Å². The number of nitrogens with zero attached hydrogens (tertiary/aromatic N) is 3. The predicted octanol–water partition coefficient (Wildman–Crippen LogP) is 4.11. The summed E-state index contributed by atoms with van der Waals surface area (Å²) in [4.78, 5) is 32.6. The van der Waals surface area contributed by atoms with Crippen molar-refractivity contribution in [2.75, 3.05) is 19.0 Å². The molecule has 0 aliphatic heterocycles. The molecule has 30 heavy (non-hydrogen) atoms. The van der Waals surface area contributed by atoms with Gasteiger partial charge < -0.3 is 9.64 Å². The van der Waals surface area contributed by atoms with Crippen LogP contribution in [0.25, 0.3) is 0 Å². The number of aryl methyl sites for hydroxylation is 1. The van der Waals surface area contributed by atoms with Crippen molar-refractivity contribution in [3.63, 3.8) is 0 Å². The van der Waals surface area contributed by atoms with Crippen LogP contribution >= 0.6 is 0 Å². The summed E-state index contributed by atoms with van der Waals surface area (Å²) in [5, 5.41) is 0. The lowest BCUT2D eigenvalue weighted by molar-refractivity contribution is -0.123. The molecule has 6 nitrogen and oxygen atoms in total. The number of aromatic nitrogens is 1. The molecule has 1 aromatic carbocycles. The van der Waals surface area contributed by atoms with Crippen molar-refractivity contribution in [2.45, 2.75) is 45.8 Å². The second-order valence-electron chi connectivity index (χ2n) is 8.14. The fourth-order valence-electron chi connectivity index (χ4n) is 2.81. The monoisotopic (exact) mass is 419 g/mol. The van der Waals surface area contributed by atoms with Crippen LogP contribution < -0.4 is 4.90 Å². The SMILES string of the molecule is Cc1ccc(N(C)C(=O)C(Cc2cc(F)cc(F)c2)N(C)C(=O)OC(C)(C)C)cn1. The van der Waals surface area contributed by atoms with E-state index in [1.807, 2.05) is 6.92 Å². The minimum Gasteiger partial charge on any atom is -0.444 e. The molecule has 1 unspecified atom stereocenters. The number of rotatable bonds is 5. The van der Waals surface area contributed by atoms with E-state index >= 15 is 0 Å². The van der Waals surface area contributed by atoms with Crippen molar-refractivity contribution in [1.82, 2.24) is 9.88 Å². The number of amides is 2. The van der Waals surface area contributed by atoms with Crippen LogP contribution in [0.4, 0.5) is 19.3 Å². The molecule has 8 heteroatoms. The van der Waals surface area contributed by atoms with E-state index in [0.717, 1.165) is 28.8 Å². The summed E-state index contributed by atoms with van der Waals surface area (Å²) in [6.45, 7) is 6.95. The lowest BCUT2D eigenvalue weighted by atomic mass is 10.0. The summed E-state index contributed by atoms with van der Waals surface area (Å²) < 4.78 is 32.7. The Hall–Kier alpha value is -3.03. The minimum atomic E-state index is -1.05. The maximum atomic E-state index is 13.7. The van der Waals surface area contributed by atoms with Gasteiger partial charge in [0.1, 0.15) is 23.3 Å². The van der Waals surface area contributed by atoms with Gasteiger partial charge in [-0.2, -0.15) is 0 Å². The number of pyridine rings is 1. The standard InChI is InChI=1S/C22H27F2N3O3/c1-14-7-8-18(13-25-14)26(5)20(28)19(27(6)21(29)30-22(2,3)4)11-15-9-16(23)12-17(24)10-15/h7-10,12-13,19H,11H2,1-6H3. The molecular formula is C22H27F2N3O3. The van der Waals surface area contributed by atoms with Crippen molar-refractivity contribution in [3.05, 3.63) is 59.4 Å². The fraction of sp³-hybridized carbons (Fsp3) is 0.409. The van der Waals surface area contributed by atoms with Gasteiger partial charge in [-0.1, -0.05) is 0 Å². The Bertz CT molecular complexity index is 891. The second-order valence-corrected chi connectivity index (χ2v) is 8.14. The molecule has 0 bridgehead atoms. The van der Waals surface area contributed by atoms with Crippen molar-refractivity contribution in [1.29, 1.82) is 0 Å². The average molecular weight is 419 g/mol. The maximum Gasteiger partial charge on any atom is 0.410 e. The van der Waals surface area contributed by atoms with Gasteiger partial charge in [0.15, 0.2) is 0 Å². The topological polar surface area (TPSA) is 62.7 Å². The Morgan fingerprint density at radius 3 is 2.20 bits per heavy atom. The highest BCUT2D eigenvalue weighted by atomic mass is 19.1. The zero-order valence-corrected chi connectivity index (χ0v) is 18.1. The van der Waals surface area contributed by atoms with Crippen LogP contribution in [0.3, 0.4) is 0 Å². The number of benzene rings is 1. The number of carbonyl (C=O) groups is 2. The maximum absolute atomic E-state index is 13.7. The molecule has 0 saturated carbocycles. The number of hydrogen-bond donors (Lipinski definition) is 0. The number of anilines is 1. The van der Waals surface area contributed by atoms with E-state index in [1.54, 1.807) is 46.1 Å². The summed E-state index contributed by atoms with van der Waals surface area (Å²) in [6.07, 6.45) is 0.736. The van der Waals surface area contributed by atoms with Crippen molar-refractivity contribution in [2.24, 2.45) is 0 Å². The molecule has 1 aromatic heterocycles. The van der Waals surface area contributed by atoms with Gasteiger partial charge in [-0.05, 0) is 57.5 Å². The Morgan fingerprint density at radius 1 is 1.10 bits per heavy atom. The first-order valence-corrected chi connectivity index (χ1v) is 9.48. The molecule has 1 atom stereocenters. The first-order chi connectivity index (χ1) is 13.9. The van der Waals surface area contributed by atoms with Crippen LogP contribution in [0.2, 0.25) is 0 Å². The van der Waals surface area contributed by atoms with Crippen molar-refractivity contribution >= 4 is 17.7 Å². The van der Waals surface area contributed by atoms with Crippen LogP contribution in [0.15, 0.2) is 36.5 Å². The molecule has 0 spiro atoms. The first-order valence-electron chi connectivity index (χ1n) is 9.48. The highest BCUT2D eigenvalue weighted by molar-refractivity contribution is 5.98. The molecule has 2 amide bonds. The van der Waals surface area contributed by atoms with Gasteiger partial charge in [0.05, 0.1) is 11.9 Å². The minimum absolute atomic E-state index is 0.0904. The van der Waals surface area contributed by atoms with Gasteiger partial charge in [0, 0.05) is 32.3 Å². The fourth-order valence-corrected chi connectivity index (χ4v) is 2.81. The van der Waals surface area contributed by atoms with Crippen LogP contribution in [0.5, 0.6) is 0 Å². The largest absolute Gasteiger partial charge is 0.444 e. The molecule has 0 N–H and O–H groups in total. The number of likely N-dealkylation sites (N-methyl/N-ethyl adjacent to an activating group) is 2. The van der Waals surface area contributed by atoms with E-state index < -0.39 is 35.3 Å². The third kappa shape index (κ3) is 6.23. The van der Waals surface area contributed by atoms with Crippen LogP contribution in [0.1, 0.15) is 32.0 Å². The predicted molar refractivity (Wildman–Crippen MR) is 110 cm³/mol. The summed E-state index contributed by atoms with van der Waals surface area (Å²) in [5.41, 5.74) is 0.795. The van der Waals surface area contributed by atoms with Gasteiger partial charge in [-0.15, -0.1) is 0 Å². The van der Waals surface area contributed by atoms with Gasteiger partial charge in [0.25, 0.3) is 0 Å². The van der Waals surface area contributed by atoms with Gasteiger partial charge in [-0.3, -0.25) is 14.7 Å². The Labute approximate surface area is 175 Å². The molecule has 0 aliphatic carbocycles. The number of halogens is 2. The molecular weight excluding hydrogens is 392 g/mol. The van der Waals surface area contributed by atoms with E-state index in [9.17, 15) is 18.4 Å². The molecule has 0 saturated heterocycles. The quantitative estimate of drug-likeness (QED) is 0.732. The van der Waals surface area contributed by atoms with Gasteiger partial charge >= 0.3 is 6.09 Å². The number of hydrogen-bond acceptors (Lipinski definition) is 4. The molecule has 0 fully saturated rings. The van der Waals surface area contributed by atoms with Crippen LogP contribution in [0, 0.1) is 18.6 Å². The van der Waals surface area contributed by atoms with Crippen molar-refractivity contribution in [3.8, 4) is 0 Å². The van der Waals surface area contributed by atoms with E-state index in [1.165, 1.54) is 11.9 Å². The molecule has 2 rings (SSSR count). The summed E-state index contributed by atoms with van der Waals surface area (Å²) in [7, 11) is 2.98. The number of ether oxygens (including phenoxy) is 1. The average Bonchev–Trinajstić information content (AvgIpc) is 2.63. The van der Waals surface area contributed by atoms with Crippen LogP contribution in [-0.2, 0) is 16.0 Å². The third-order valence-corrected chi connectivity index (χ3v) is 4.40. The smallest absolute Gasteiger partial charge is 0.410 e. The third-order valence-electron chi connectivity index (χ3n) is 4.40. The van der Waals surface area contributed by atoms with E-state index in [2.05, 4.69) is 4.98 Å². The normalized spacial score (nSPS) is 12.3. The lowest BCUT2D eigenvalue weighted by Gasteiger charge is -2.32. The Kier molecular flexibility index (Phi) is 7.12. The highest BCUT2D eigenvalue weighted by Gasteiger charge is 2.33. The van der Waals surface area contributed by atoms with Gasteiger partial charge in [-0.25, -0.2) is 13.6 Å². The molecule has 2 aromatic rings. The Balaban J connectivity index is 2.36. The van der Waals surface area contributed by atoms with E-state index in [4.69, 9.17) is 4.74 Å². The zero-order chi connectivity index (χ0) is 22.6. The lowest BCUT2D eigenvalue weighted by Crippen LogP contribution is -2.50. The Morgan fingerprint density at radius 2 is 1.70 bits per heavy atom. The molecule has 0 radical (unpaired) electrons. The summed E-state index contributed by atoms with van der Waals surface area (Å²) in [6, 6.07) is 5.47.